The van der Waals surface area contributed by atoms with Gasteiger partial charge < -0.3 is 10.4 Å². The van der Waals surface area contributed by atoms with Crippen LogP contribution < -0.4 is 5.32 Å². The smallest absolute Gasteiger partial charge is 0.141 e. The van der Waals surface area contributed by atoms with Gasteiger partial charge in [0.05, 0.1) is 11.9 Å². The van der Waals surface area contributed by atoms with Gasteiger partial charge in [0.2, 0.25) is 0 Å². The molecule has 90 valence electrons. The van der Waals surface area contributed by atoms with Crippen molar-refractivity contribution >= 4 is 0 Å². The van der Waals surface area contributed by atoms with E-state index < -0.39 is 11.4 Å². The Kier molecular flexibility index (Phi) is 3.65. The van der Waals surface area contributed by atoms with Crippen molar-refractivity contribution in [3.8, 4) is 0 Å². The van der Waals surface area contributed by atoms with E-state index in [9.17, 15) is 9.50 Å². The minimum Gasteiger partial charge on any atom is -0.383 e. The van der Waals surface area contributed by atoms with Gasteiger partial charge >= 0.3 is 0 Å². The van der Waals surface area contributed by atoms with Crippen LogP contribution in [0.25, 0.3) is 0 Å². The Morgan fingerprint density at radius 1 is 1.31 bits per heavy atom. The molecule has 1 heterocycles. The summed E-state index contributed by atoms with van der Waals surface area (Å²) in [6, 6.07) is 2.80. The van der Waals surface area contributed by atoms with Gasteiger partial charge in [-0.15, -0.1) is 0 Å². The van der Waals surface area contributed by atoms with E-state index >= 15 is 0 Å². The van der Waals surface area contributed by atoms with Gasteiger partial charge in [0.25, 0.3) is 0 Å². The number of β-amino-alcohol motifs (C(OH)–C–C–N with tert-alkyl or cyclic N) is 1. The maximum atomic E-state index is 12.7. The zero-order valence-electron chi connectivity index (χ0n) is 10.2. The van der Waals surface area contributed by atoms with Crippen molar-refractivity contribution in [2.45, 2.75) is 38.8 Å². The van der Waals surface area contributed by atoms with Gasteiger partial charge in [-0.2, -0.15) is 0 Å². The molecule has 0 aliphatic carbocycles. The quantitative estimate of drug-likeness (QED) is 0.826. The molecule has 1 rings (SSSR count). The Labute approximate surface area is 95.7 Å². The Morgan fingerprint density at radius 3 is 2.38 bits per heavy atom. The molecule has 1 atom stereocenters. The molecule has 0 aromatic carbocycles. The standard InChI is InChI=1S/C12H19FN2O/c1-11(2,3)15-8-12(4,16)10-6-5-9(13)7-14-10/h5-7,15-16H,8H2,1-4H3. The summed E-state index contributed by atoms with van der Waals surface area (Å²) in [5.74, 6) is -0.400. The van der Waals surface area contributed by atoms with Crippen molar-refractivity contribution in [3.63, 3.8) is 0 Å². The van der Waals surface area contributed by atoms with Crippen molar-refractivity contribution in [2.75, 3.05) is 6.54 Å². The highest BCUT2D eigenvalue weighted by atomic mass is 19.1. The molecule has 2 N–H and O–H groups in total. The highest BCUT2D eigenvalue weighted by molar-refractivity contribution is 5.13. The molecule has 0 saturated carbocycles. The van der Waals surface area contributed by atoms with Crippen LogP contribution in [-0.2, 0) is 5.60 Å². The van der Waals surface area contributed by atoms with Gasteiger partial charge in [-0.3, -0.25) is 4.98 Å². The fourth-order valence-corrected chi connectivity index (χ4v) is 1.22. The van der Waals surface area contributed by atoms with Crippen molar-refractivity contribution in [2.24, 2.45) is 0 Å². The number of aromatic nitrogens is 1. The normalized spacial score (nSPS) is 15.9. The molecule has 4 heteroatoms. The Hall–Kier alpha value is -1.00. The van der Waals surface area contributed by atoms with E-state index in [4.69, 9.17) is 0 Å². The van der Waals surface area contributed by atoms with Gasteiger partial charge in [-0.25, -0.2) is 4.39 Å². The van der Waals surface area contributed by atoms with Crippen LogP contribution in [0.2, 0.25) is 0 Å². The fourth-order valence-electron chi connectivity index (χ4n) is 1.22. The number of aliphatic hydroxyl groups is 1. The molecule has 0 spiro atoms. The Bertz CT molecular complexity index is 341. The van der Waals surface area contributed by atoms with E-state index in [0.29, 0.717) is 12.2 Å². The van der Waals surface area contributed by atoms with Crippen LogP contribution in [0, 0.1) is 5.82 Å². The first kappa shape index (κ1) is 13.1. The molecule has 0 radical (unpaired) electrons. The van der Waals surface area contributed by atoms with Crippen LogP contribution in [0.4, 0.5) is 4.39 Å². The largest absolute Gasteiger partial charge is 0.383 e. The summed E-state index contributed by atoms with van der Waals surface area (Å²) in [6.07, 6.45) is 1.11. The number of rotatable bonds is 3. The number of halogens is 1. The molecule has 0 bridgehead atoms. The van der Waals surface area contributed by atoms with Crippen LogP contribution in [0.5, 0.6) is 0 Å². The summed E-state index contributed by atoms with van der Waals surface area (Å²) in [5, 5.41) is 13.4. The first-order chi connectivity index (χ1) is 7.21. The lowest BCUT2D eigenvalue weighted by molar-refractivity contribution is 0.0457. The van der Waals surface area contributed by atoms with Crippen molar-refractivity contribution in [1.29, 1.82) is 0 Å². The summed E-state index contributed by atoms with van der Waals surface area (Å²) in [5.41, 5.74) is -0.712. The summed E-state index contributed by atoms with van der Waals surface area (Å²) in [4.78, 5) is 3.89. The predicted molar refractivity (Wildman–Crippen MR) is 61.5 cm³/mol. The topological polar surface area (TPSA) is 45.1 Å². The van der Waals surface area contributed by atoms with Crippen LogP contribution >= 0.6 is 0 Å². The number of hydrogen-bond donors (Lipinski definition) is 2. The highest BCUT2D eigenvalue weighted by Gasteiger charge is 2.26. The first-order valence-corrected chi connectivity index (χ1v) is 5.30. The molecule has 0 aliphatic heterocycles. The predicted octanol–water partition coefficient (Wildman–Crippen LogP) is 1.82. The summed E-state index contributed by atoms with van der Waals surface area (Å²) in [6.45, 7) is 8.07. The van der Waals surface area contributed by atoms with Gasteiger partial charge in [0.15, 0.2) is 0 Å². The minimum absolute atomic E-state index is 0.0793. The van der Waals surface area contributed by atoms with Gasteiger partial charge in [-0.1, -0.05) is 0 Å². The zero-order chi connectivity index (χ0) is 12.4. The molecule has 1 aromatic heterocycles. The Balaban J connectivity index is 2.73. The zero-order valence-corrected chi connectivity index (χ0v) is 10.2. The Morgan fingerprint density at radius 2 is 1.94 bits per heavy atom. The second-order valence-corrected chi connectivity index (χ2v) is 5.24. The minimum atomic E-state index is -1.10. The molecule has 1 aromatic rings. The number of pyridine rings is 1. The van der Waals surface area contributed by atoms with E-state index in [1.807, 2.05) is 20.8 Å². The highest BCUT2D eigenvalue weighted by Crippen LogP contribution is 2.18. The molecular weight excluding hydrogens is 207 g/mol. The maximum Gasteiger partial charge on any atom is 0.141 e. The van der Waals surface area contributed by atoms with E-state index in [-0.39, 0.29) is 5.54 Å². The van der Waals surface area contributed by atoms with Crippen LogP contribution in [0.1, 0.15) is 33.4 Å². The summed E-state index contributed by atoms with van der Waals surface area (Å²) in [7, 11) is 0. The fraction of sp³-hybridized carbons (Fsp3) is 0.583. The maximum absolute atomic E-state index is 12.7. The summed E-state index contributed by atoms with van der Waals surface area (Å²) < 4.78 is 12.7. The van der Waals surface area contributed by atoms with E-state index in [2.05, 4.69) is 10.3 Å². The van der Waals surface area contributed by atoms with E-state index in [1.165, 1.54) is 12.1 Å². The lowest BCUT2D eigenvalue weighted by Crippen LogP contribution is -2.45. The number of nitrogens with one attached hydrogen (secondary N) is 1. The van der Waals surface area contributed by atoms with Crippen molar-refractivity contribution in [1.82, 2.24) is 10.3 Å². The molecule has 3 nitrogen and oxygen atoms in total. The van der Waals surface area contributed by atoms with Crippen LogP contribution in [0.3, 0.4) is 0 Å². The molecule has 0 fully saturated rings. The average molecular weight is 226 g/mol. The van der Waals surface area contributed by atoms with Gasteiger partial charge in [0.1, 0.15) is 11.4 Å². The van der Waals surface area contributed by atoms with E-state index in [0.717, 1.165) is 6.20 Å². The first-order valence-electron chi connectivity index (χ1n) is 5.30. The van der Waals surface area contributed by atoms with E-state index in [1.54, 1.807) is 6.92 Å². The molecule has 0 amide bonds. The third-order valence-corrected chi connectivity index (χ3v) is 2.24. The van der Waals surface area contributed by atoms with Crippen molar-refractivity contribution < 1.29 is 9.50 Å². The molecule has 1 unspecified atom stereocenters. The third kappa shape index (κ3) is 3.87. The van der Waals surface area contributed by atoms with Crippen LogP contribution in [0.15, 0.2) is 18.3 Å². The lowest BCUT2D eigenvalue weighted by Gasteiger charge is -2.29. The third-order valence-electron chi connectivity index (χ3n) is 2.24. The van der Waals surface area contributed by atoms with Gasteiger partial charge in [-0.05, 0) is 39.8 Å². The second-order valence-electron chi connectivity index (χ2n) is 5.24. The summed E-state index contributed by atoms with van der Waals surface area (Å²) >= 11 is 0. The number of hydrogen-bond acceptors (Lipinski definition) is 3. The van der Waals surface area contributed by atoms with Gasteiger partial charge in [0, 0.05) is 12.1 Å². The second kappa shape index (κ2) is 4.47. The molecule has 0 saturated heterocycles. The number of nitrogens with zero attached hydrogens (tertiary/aromatic N) is 1. The molecule has 16 heavy (non-hydrogen) atoms. The van der Waals surface area contributed by atoms with Crippen molar-refractivity contribution in [3.05, 3.63) is 29.8 Å². The molecule has 0 aliphatic rings. The SMILES string of the molecule is CC(C)(C)NCC(C)(O)c1ccc(F)cn1. The average Bonchev–Trinajstić information content (AvgIpc) is 2.15. The van der Waals surface area contributed by atoms with Crippen LogP contribution in [-0.4, -0.2) is 22.2 Å². The molecular formula is C12H19FN2O. The monoisotopic (exact) mass is 226 g/mol. The lowest BCUT2D eigenvalue weighted by atomic mass is 9.99.